The van der Waals surface area contributed by atoms with Crippen molar-refractivity contribution < 1.29 is 4.74 Å². The fraction of sp³-hybridized carbons (Fsp3) is 0.700. The van der Waals surface area contributed by atoms with Crippen molar-refractivity contribution in [2.75, 3.05) is 38.1 Å². The van der Waals surface area contributed by atoms with E-state index in [-0.39, 0.29) is 24.0 Å². The maximum Gasteiger partial charge on any atom is 0.191 e. The maximum absolute atomic E-state index is 6.02. The molecular formula is C20H35IN8O. The van der Waals surface area contributed by atoms with E-state index in [1.54, 1.807) is 17.2 Å². The van der Waals surface area contributed by atoms with Crippen LogP contribution in [0.1, 0.15) is 45.4 Å². The Labute approximate surface area is 195 Å². The van der Waals surface area contributed by atoms with Crippen LogP contribution in [0.2, 0.25) is 0 Å². The number of hydrogen-bond donors (Lipinski definition) is 3. The van der Waals surface area contributed by atoms with Crippen LogP contribution < -0.4 is 16.0 Å². The van der Waals surface area contributed by atoms with E-state index in [4.69, 9.17) is 4.74 Å². The molecule has 0 aliphatic heterocycles. The summed E-state index contributed by atoms with van der Waals surface area (Å²) in [6.07, 6.45) is 11.4. The van der Waals surface area contributed by atoms with Crippen molar-refractivity contribution in [3.8, 4) is 0 Å². The maximum atomic E-state index is 6.02. The molecule has 2 aromatic rings. The molecule has 3 rings (SSSR count). The minimum absolute atomic E-state index is 0. The summed E-state index contributed by atoms with van der Waals surface area (Å²) in [7, 11) is 1.87. The van der Waals surface area contributed by atoms with Crippen molar-refractivity contribution in [2.45, 2.75) is 51.6 Å². The highest BCUT2D eigenvalue weighted by molar-refractivity contribution is 14.0. The summed E-state index contributed by atoms with van der Waals surface area (Å²) in [4.78, 5) is 13.2. The summed E-state index contributed by atoms with van der Waals surface area (Å²) in [6, 6.07) is 0. The molecule has 0 aromatic carbocycles. The van der Waals surface area contributed by atoms with E-state index in [0.717, 1.165) is 35.9 Å². The molecule has 0 atom stereocenters. The first-order valence-electron chi connectivity index (χ1n) is 10.8. The Morgan fingerprint density at radius 3 is 2.73 bits per heavy atom. The molecule has 1 aliphatic carbocycles. The molecule has 0 saturated heterocycles. The first-order chi connectivity index (χ1) is 14.3. The quantitative estimate of drug-likeness (QED) is 0.151. The van der Waals surface area contributed by atoms with Gasteiger partial charge in [0.05, 0.1) is 30.8 Å². The smallest absolute Gasteiger partial charge is 0.191 e. The predicted molar refractivity (Wildman–Crippen MR) is 132 cm³/mol. The van der Waals surface area contributed by atoms with Crippen LogP contribution in [0.25, 0.3) is 11.0 Å². The van der Waals surface area contributed by atoms with Gasteiger partial charge in [-0.1, -0.05) is 25.7 Å². The molecule has 1 saturated carbocycles. The second-order valence-electron chi connectivity index (χ2n) is 7.33. The zero-order valence-corrected chi connectivity index (χ0v) is 20.4. The third-order valence-corrected chi connectivity index (χ3v) is 5.10. The van der Waals surface area contributed by atoms with E-state index >= 15 is 0 Å². The van der Waals surface area contributed by atoms with Gasteiger partial charge in [0.15, 0.2) is 11.6 Å². The van der Waals surface area contributed by atoms with Gasteiger partial charge in [0.2, 0.25) is 0 Å². The molecular weight excluding hydrogens is 495 g/mol. The number of hydrogen-bond acceptors (Lipinski definition) is 6. The fourth-order valence-electron chi connectivity index (χ4n) is 3.59. The van der Waals surface area contributed by atoms with Crippen LogP contribution in [0.3, 0.4) is 0 Å². The van der Waals surface area contributed by atoms with Gasteiger partial charge in [-0.15, -0.1) is 24.0 Å². The molecule has 2 aromatic heterocycles. The molecule has 168 valence electrons. The first kappa shape index (κ1) is 24.6. The Morgan fingerprint density at radius 2 is 1.97 bits per heavy atom. The number of aromatic nitrogens is 4. The lowest BCUT2D eigenvalue weighted by Crippen LogP contribution is -2.39. The number of aliphatic imine (C=N–C) groups is 1. The van der Waals surface area contributed by atoms with E-state index in [9.17, 15) is 0 Å². The molecule has 1 aliphatic rings. The van der Waals surface area contributed by atoms with Crippen LogP contribution in [0.5, 0.6) is 0 Å². The van der Waals surface area contributed by atoms with Crippen molar-refractivity contribution >= 4 is 46.8 Å². The Kier molecular flexibility index (Phi) is 11.1. The highest BCUT2D eigenvalue weighted by Gasteiger charge is 2.12. The van der Waals surface area contributed by atoms with Crippen LogP contribution in [0.15, 0.2) is 17.5 Å². The zero-order valence-electron chi connectivity index (χ0n) is 18.1. The van der Waals surface area contributed by atoms with Crippen molar-refractivity contribution in [3.63, 3.8) is 0 Å². The molecule has 3 N–H and O–H groups in total. The second kappa shape index (κ2) is 13.6. The predicted octanol–water partition coefficient (Wildman–Crippen LogP) is 2.69. The molecule has 1 fully saturated rings. The lowest BCUT2D eigenvalue weighted by atomic mass is 10.1. The Bertz CT molecular complexity index is 773. The lowest BCUT2D eigenvalue weighted by Gasteiger charge is -2.15. The third kappa shape index (κ3) is 7.53. The van der Waals surface area contributed by atoms with Crippen LogP contribution in [0, 0.1) is 0 Å². The highest BCUT2D eigenvalue weighted by Crippen LogP contribution is 2.19. The van der Waals surface area contributed by atoms with Crippen molar-refractivity contribution in [1.29, 1.82) is 0 Å². The van der Waals surface area contributed by atoms with Gasteiger partial charge < -0.3 is 20.7 Å². The zero-order chi connectivity index (χ0) is 20.3. The van der Waals surface area contributed by atoms with Gasteiger partial charge in [0, 0.05) is 26.7 Å². The monoisotopic (exact) mass is 530 g/mol. The first-order valence-corrected chi connectivity index (χ1v) is 10.8. The number of fused-ring (bicyclic) bond motifs is 1. The van der Waals surface area contributed by atoms with Gasteiger partial charge in [0.1, 0.15) is 12.1 Å². The minimum atomic E-state index is 0. The number of nitrogens with zero attached hydrogens (tertiary/aromatic N) is 5. The van der Waals surface area contributed by atoms with Gasteiger partial charge >= 0.3 is 0 Å². The molecule has 0 amide bonds. The topological polar surface area (TPSA) is 101 Å². The van der Waals surface area contributed by atoms with Crippen molar-refractivity contribution in [1.82, 2.24) is 30.4 Å². The summed E-state index contributed by atoms with van der Waals surface area (Å²) < 4.78 is 7.76. The molecule has 0 spiro atoms. The number of halogens is 1. The van der Waals surface area contributed by atoms with E-state index in [0.29, 0.717) is 25.8 Å². The Morgan fingerprint density at radius 1 is 1.17 bits per heavy atom. The van der Waals surface area contributed by atoms with Crippen LogP contribution in [0.4, 0.5) is 5.82 Å². The van der Waals surface area contributed by atoms with E-state index in [1.807, 2.05) is 7.05 Å². The van der Waals surface area contributed by atoms with E-state index in [1.165, 1.54) is 38.5 Å². The van der Waals surface area contributed by atoms with Crippen LogP contribution >= 0.6 is 24.0 Å². The number of rotatable bonds is 9. The van der Waals surface area contributed by atoms with Gasteiger partial charge in [0.25, 0.3) is 0 Å². The Hall–Kier alpha value is -1.69. The van der Waals surface area contributed by atoms with Gasteiger partial charge in [-0.25, -0.2) is 9.97 Å². The van der Waals surface area contributed by atoms with Crippen LogP contribution in [-0.4, -0.2) is 64.6 Å². The largest absolute Gasteiger partial charge is 0.376 e. The number of anilines is 1. The average molecular weight is 530 g/mol. The fourth-order valence-corrected chi connectivity index (χ4v) is 3.59. The van der Waals surface area contributed by atoms with E-state index in [2.05, 4.69) is 42.9 Å². The average Bonchev–Trinajstić information content (AvgIpc) is 2.94. The van der Waals surface area contributed by atoms with Gasteiger partial charge in [-0.05, 0) is 19.8 Å². The van der Waals surface area contributed by atoms with Gasteiger partial charge in [-0.3, -0.25) is 9.67 Å². The summed E-state index contributed by atoms with van der Waals surface area (Å²) in [5, 5.41) is 15.1. The third-order valence-electron chi connectivity index (χ3n) is 5.10. The summed E-state index contributed by atoms with van der Waals surface area (Å²) >= 11 is 0. The Balaban J connectivity index is 0.00000320. The summed E-state index contributed by atoms with van der Waals surface area (Å²) in [6.45, 7) is 5.68. The molecule has 0 radical (unpaired) electrons. The molecule has 30 heavy (non-hydrogen) atoms. The standard InChI is InChI=1S/C20H34N8O.HI/c1-3-21-20(24-12-13-29-16-8-6-4-5-7-9-16)23-11-10-22-18-17-14-27-28(2)19(17)26-15-25-18;/h14-16H,3-13H2,1-2H3,(H2,21,23,24)(H,22,25,26);1H. The van der Waals surface area contributed by atoms with Gasteiger partial charge in [-0.2, -0.15) is 5.10 Å². The van der Waals surface area contributed by atoms with Crippen molar-refractivity contribution in [2.24, 2.45) is 12.0 Å². The lowest BCUT2D eigenvalue weighted by molar-refractivity contribution is 0.0487. The number of aryl methyl sites for hydroxylation is 1. The van der Waals surface area contributed by atoms with Crippen LogP contribution in [-0.2, 0) is 11.8 Å². The van der Waals surface area contributed by atoms with Crippen molar-refractivity contribution in [3.05, 3.63) is 12.5 Å². The summed E-state index contributed by atoms with van der Waals surface area (Å²) in [5.74, 6) is 1.61. The molecule has 0 unspecified atom stereocenters. The molecule has 9 nitrogen and oxygen atoms in total. The van der Waals surface area contributed by atoms with E-state index < -0.39 is 0 Å². The number of guanidine groups is 1. The molecule has 0 bridgehead atoms. The molecule has 2 heterocycles. The second-order valence-corrected chi connectivity index (χ2v) is 7.33. The highest BCUT2D eigenvalue weighted by atomic mass is 127. The minimum Gasteiger partial charge on any atom is -0.376 e. The molecule has 10 heteroatoms. The number of nitrogens with one attached hydrogen (secondary N) is 3. The SMILES string of the molecule is CCNC(=NCCOC1CCCCCC1)NCCNc1ncnc2c1cnn2C.I. The number of ether oxygens (including phenoxy) is 1. The summed E-state index contributed by atoms with van der Waals surface area (Å²) in [5.41, 5.74) is 0.819. The normalized spacial score (nSPS) is 15.5.